The van der Waals surface area contributed by atoms with Gasteiger partial charge in [-0.3, -0.25) is 0 Å². The summed E-state index contributed by atoms with van der Waals surface area (Å²) >= 11 is 1.13. The molecular formula is C16H12N4O2S. The summed E-state index contributed by atoms with van der Waals surface area (Å²) in [7, 11) is 0. The highest BCUT2D eigenvalue weighted by atomic mass is 32.1. The number of carbonyl (C=O) groups is 1. The van der Waals surface area contributed by atoms with Crippen LogP contribution in [0.3, 0.4) is 0 Å². The first-order valence-corrected chi connectivity index (χ1v) is 7.67. The van der Waals surface area contributed by atoms with Gasteiger partial charge in [-0.05, 0) is 29.7 Å². The molecule has 1 N–H and O–H groups in total. The van der Waals surface area contributed by atoms with Crippen LogP contribution in [0.2, 0.25) is 0 Å². The lowest BCUT2D eigenvalue weighted by atomic mass is 10.2. The number of pyridine rings is 1. The van der Waals surface area contributed by atoms with Crippen LogP contribution in [-0.4, -0.2) is 28.5 Å². The van der Waals surface area contributed by atoms with E-state index in [1.165, 1.54) is 0 Å². The maximum atomic E-state index is 12.1. The van der Waals surface area contributed by atoms with E-state index in [0.29, 0.717) is 22.8 Å². The molecule has 2 heterocycles. The van der Waals surface area contributed by atoms with Crippen molar-refractivity contribution in [2.24, 2.45) is 0 Å². The van der Waals surface area contributed by atoms with E-state index in [0.717, 1.165) is 22.4 Å². The normalized spacial score (nSPS) is 10.2. The van der Waals surface area contributed by atoms with Gasteiger partial charge < -0.3 is 10.1 Å². The number of rotatable bonds is 5. The molecule has 0 aliphatic rings. The fraction of sp³-hybridized carbons (Fsp3) is 0.125. The summed E-state index contributed by atoms with van der Waals surface area (Å²) in [4.78, 5) is 16.7. The van der Waals surface area contributed by atoms with Crippen molar-refractivity contribution in [2.75, 3.05) is 18.5 Å². The molecule has 1 aromatic carbocycles. The summed E-state index contributed by atoms with van der Waals surface area (Å²) in [5.41, 5.74) is 1.24. The van der Waals surface area contributed by atoms with Gasteiger partial charge in [-0.2, -0.15) is 9.64 Å². The quantitative estimate of drug-likeness (QED) is 0.573. The number of hydrogen-bond donors (Lipinski definition) is 1. The highest BCUT2D eigenvalue weighted by molar-refractivity contribution is 7.09. The molecule has 0 saturated carbocycles. The Hall–Kier alpha value is -2.98. The summed E-state index contributed by atoms with van der Waals surface area (Å²) in [6.45, 7) is 0.542. The van der Waals surface area contributed by atoms with Crippen LogP contribution in [0.15, 0.2) is 42.6 Å². The molecule has 6 nitrogen and oxygen atoms in total. The van der Waals surface area contributed by atoms with Crippen LogP contribution in [0.25, 0.3) is 10.9 Å². The highest BCUT2D eigenvalue weighted by Gasteiger charge is 2.15. The molecule has 0 bridgehead atoms. The number of esters is 1. The summed E-state index contributed by atoms with van der Waals surface area (Å²) in [6, 6.07) is 12.9. The van der Waals surface area contributed by atoms with Crippen LogP contribution >= 0.6 is 11.5 Å². The minimum Gasteiger partial charge on any atom is -0.460 e. The van der Waals surface area contributed by atoms with E-state index in [1.807, 2.05) is 30.3 Å². The monoisotopic (exact) mass is 324 g/mol. The van der Waals surface area contributed by atoms with Crippen LogP contribution in [0.1, 0.15) is 15.2 Å². The summed E-state index contributed by atoms with van der Waals surface area (Å²) in [6.07, 6.45) is 1.60. The van der Waals surface area contributed by atoms with Crippen molar-refractivity contribution in [1.29, 1.82) is 5.26 Å². The van der Waals surface area contributed by atoms with E-state index in [4.69, 9.17) is 10.00 Å². The van der Waals surface area contributed by atoms with Gasteiger partial charge in [0, 0.05) is 11.6 Å². The number of anilines is 1. The number of ether oxygens (including phenoxy) is 1. The number of aromatic nitrogens is 2. The van der Waals surface area contributed by atoms with Gasteiger partial charge in [0.15, 0.2) is 0 Å². The number of carbonyl (C=O) groups excluding carboxylic acids is 1. The Kier molecular flexibility index (Phi) is 4.45. The maximum Gasteiger partial charge on any atom is 0.350 e. The Balaban J connectivity index is 1.57. The first-order valence-electron chi connectivity index (χ1n) is 6.90. The number of nitriles is 1. The minimum absolute atomic E-state index is 0.173. The van der Waals surface area contributed by atoms with Gasteiger partial charge in [0.05, 0.1) is 17.6 Å². The predicted octanol–water partition coefficient (Wildman–Crippen LogP) is 2.83. The number of nitrogens with zero attached hydrogens (tertiary/aromatic N) is 3. The third-order valence-electron chi connectivity index (χ3n) is 3.13. The molecular weight excluding hydrogens is 312 g/mol. The van der Waals surface area contributed by atoms with Gasteiger partial charge in [-0.1, -0.05) is 18.2 Å². The molecule has 0 unspecified atom stereocenters. The van der Waals surface area contributed by atoms with Crippen molar-refractivity contribution < 1.29 is 9.53 Å². The van der Waals surface area contributed by atoms with E-state index in [2.05, 4.69) is 14.7 Å². The maximum absolute atomic E-state index is 12.1. The van der Waals surface area contributed by atoms with Gasteiger partial charge in [-0.25, -0.2) is 9.78 Å². The molecule has 114 valence electrons. The van der Waals surface area contributed by atoms with Crippen LogP contribution in [0, 0.1) is 11.3 Å². The third-order valence-corrected chi connectivity index (χ3v) is 3.98. The SMILES string of the molecule is N#Cc1cccnc1NCCOC(=O)c1snc2ccccc12. The fourth-order valence-electron chi connectivity index (χ4n) is 2.05. The third kappa shape index (κ3) is 3.27. The van der Waals surface area contributed by atoms with Gasteiger partial charge in [-0.15, -0.1) is 0 Å². The van der Waals surface area contributed by atoms with E-state index >= 15 is 0 Å². The Bertz CT molecular complexity index is 885. The van der Waals surface area contributed by atoms with Crippen LogP contribution in [0.4, 0.5) is 5.82 Å². The van der Waals surface area contributed by atoms with Crippen molar-refractivity contribution in [3.63, 3.8) is 0 Å². The van der Waals surface area contributed by atoms with Gasteiger partial charge in [0.25, 0.3) is 0 Å². The van der Waals surface area contributed by atoms with Crippen LogP contribution < -0.4 is 5.32 Å². The largest absolute Gasteiger partial charge is 0.460 e. The Morgan fingerprint density at radius 3 is 3.04 bits per heavy atom. The zero-order chi connectivity index (χ0) is 16.1. The molecule has 3 rings (SSSR count). The summed E-state index contributed by atoms with van der Waals surface area (Å²) in [5.74, 6) is 0.0846. The molecule has 3 aromatic rings. The summed E-state index contributed by atoms with van der Waals surface area (Å²) in [5, 5.41) is 12.7. The van der Waals surface area contributed by atoms with Crippen molar-refractivity contribution in [1.82, 2.24) is 9.36 Å². The minimum atomic E-state index is -0.396. The lowest BCUT2D eigenvalue weighted by molar-refractivity contribution is 0.0528. The second-order valence-electron chi connectivity index (χ2n) is 4.60. The molecule has 0 fully saturated rings. The van der Waals surface area contributed by atoms with Crippen molar-refractivity contribution in [3.05, 3.63) is 53.0 Å². The lowest BCUT2D eigenvalue weighted by Crippen LogP contribution is -2.14. The molecule has 7 heteroatoms. The predicted molar refractivity (Wildman–Crippen MR) is 87.3 cm³/mol. The van der Waals surface area contributed by atoms with Crippen molar-refractivity contribution >= 4 is 34.2 Å². The van der Waals surface area contributed by atoms with Gasteiger partial charge in [0.1, 0.15) is 23.4 Å². The number of benzene rings is 1. The average Bonchev–Trinajstić information content (AvgIpc) is 3.03. The van der Waals surface area contributed by atoms with Crippen LogP contribution in [-0.2, 0) is 4.74 Å². The van der Waals surface area contributed by atoms with Crippen LogP contribution in [0.5, 0.6) is 0 Å². The summed E-state index contributed by atoms with van der Waals surface area (Å²) < 4.78 is 9.47. The number of hydrogen-bond acceptors (Lipinski definition) is 7. The van der Waals surface area contributed by atoms with Gasteiger partial charge in [0.2, 0.25) is 0 Å². The average molecular weight is 324 g/mol. The zero-order valence-corrected chi connectivity index (χ0v) is 12.8. The molecule has 0 atom stereocenters. The smallest absolute Gasteiger partial charge is 0.350 e. The molecule has 23 heavy (non-hydrogen) atoms. The Morgan fingerprint density at radius 2 is 2.17 bits per heavy atom. The van der Waals surface area contributed by atoms with E-state index in [9.17, 15) is 4.79 Å². The lowest BCUT2D eigenvalue weighted by Gasteiger charge is -2.07. The molecule has 0 aliphatic carbocycles. The molecule has 2 aromatic heterocycles. The van der Waals surface area contributed by atoms with E-state index < -0.39 is 5.97 Å². The molecule has 0 radical (unpaired) electrons. The van der Waals surface area contributed by atoms with Gasteiger partial charge >= 0.3 is 5.97 Å². The first-order chi connectivity index (χ1) is 11.3. The second-order valence-corrected chi connectivity index (χ2v) is 5.38. The molecule has 0 saturated heterocycles. The zero-order valence-electron chi connectivity index (χ0n) is 12.0. The van der Waals surface area contributed by atoms with Crippen molar-refractivity contribution in [3.8, 4) is 6.07 Å². The highest BCUT2D eigenvalue weighted by Crippen LogP contribution is 2.22. The van der Waals surface area contributed by atoms with E-state index in [1.54, 1.807) is 18.3 Å². The molecule has 0 aliphatic heterocycles. The fourth-order valence-corrected chi connectivity index (χ4v) is 2.80. The first kappa shape index (κ1) is 14.9. The second kappa shape index (κ2) is 6.85. The molecule has 0 spiro atoms. The topological polar surface area (TPSA) is 87.9 Å². The standard InChI is InChI=1S/C16H12N4O2S/c17-10-11-4-3-7-18-15(11)19-8-9-22-16(21)14-12-5-1-2-6-13(12)20-23-14/h1-7H,8-9H2,(H,18,19). The van der Waals surface area contributed by atoms with E-state index in [-0.39, 0.29) is 6.61 Å². The number of fused-ring (bicyclic) bond motifs is 1. The van der Waals surface area contributed by atoms with Crippen molar-refractivity contribution in [2.45, 2.75) is 0 Å². The number of nitrogens with one attached hydrogen (secondary N) is 1. The Labute approximate surface area is 136 Å². The Morgan fingerprint density at radius 1 is 1.30 bits per heavy atom. The molecule has 0 amide bonds.